The average Bonchev–Trinajstić information content (AvgIpc) is 2.51. The summed E-state index contributed by atoms with van der Waals surface area (Å²) in [6, 6.07) is 9.52. The van der Waals surface area contributed by atoms with Gasteiger partial charge in [0.05, 0.1) is 16.3 Å². The summed E-state index contributed by atoms with van der Waals surface area (Å²) in [5.74, 6) is -0.995. The van der Waals surface area contributed by atoms with Crippen molar-refractivity contribution >= 4 is 17.6 Å². The van der Waals surface area contributed by atoms with Crippen molar-refractivity contribution in [1.82, 2.24) is 4.57 Å². The molecule has 2 aromatic rings. The molecule has 3 nitrogen and oxygen atoms in total. The Bertz CT molecular complexity index is 573. The molecule has 0 amide bonds. The first-order chi connectivity index (χ1) is 8.04. The molecule has 0 saturated heterocycles. The normalized spacial score (nSPS) is 10.5. The van der Waals surface area contributed by atoms with Crippen molar-refractivity contribution in [3.8, 4) is 11.3 Å². The first-order valence-electron chi connectivity index (χ1n) is 5.17. The minimum absolute atomic E-state index is 0.174. The Morgan fingerprint density at radius 3 is 2.35 bits per heavy atom. The smallest absolute Gasteiger partial charge is 0.339 e. The van der Waals surface area contributed by atoms with Crippen molar-refractivity contribution < 1.29 is 9.90 Å². The van der Waals surface area contributed by atoms with E-state index < -0.39 is 5.97 Å². The highest BCUT2D eigenvalue weighted by atomic mass is 35.5. The molecule has 0 unspecified atom stereocenters. The van der Waals surface area contributed by atoms with E-state index in [0.29, 0.717) is 10.7 Å². The minimum atomic E-state index is -0.995. The predicted molar refractivity (Wildman–Crippen MR) is 67.6 cm³/mol. The summed E-state index contributed by atoms with van der Waals surface area (Å²) < 4.78 is 1.81. The van der Waals surface area contributed by atoms with Crippen molar-refractivity contribution in [3.63, 3.8) is 0 Å². The predicted octanol–water partition coefficient (Wildman–Crippen LogP) is 3.35. The van der Waals surface area contributed by atoms with Crippen LogP contribution >= 0.6 is 11.6 Å². The van der Waals surface area contributed by atoms with Gasteiger partial charge in [0, 0.05) is 12.7 Å². The van der Waals surface area contributed by atoms with E-state index in [1.54, 1.807) is 11.5 Å². The van der Waals surface area contributed by atoms with E-state index in [4.69, 9.17) is 16.7 Å². The average molecular weight is 250 g/mol. The first kappa shape index (κ1) is 11.7. The van der Waals surface area contributed by atoms with Crippen LogP contribution in [0.1, 0.15) is 16.1 Å². The molecule has 4 heteroatoms. The fraction of sp³-hybridized carbons (Fsp3) is 0.154. The van der Waals surface area contributed by atoms with E-state index >= 15 is 0 Å². The van der Waals surface area contributed by atoms with Crippen LogP contribution in [0.3, 0.4) is 0 Å². The molecule has 1 heterocycles. The van der Waals surface area contributed by atoms with Crippen molar-refractivity contribution in [2.24, 2.45) is 7.05 Å². The highest BCUT2D eigenvalue weighted by Crippen LogP contribution is 2.34. The third-order valence-electron chi connectivity index (χ3n) is 2.89. The van der Waals surface area contributed by atoms with Crippen LogP contribution < -0.4 is 0 Å². The number of rotatable bonds is 2. The summed E-state index contributed by atoms with van der Waals surface area (Å²) in [6.45, 7) is 1.75. The summed E-state index contributed by atoms with van der Waals surface area (Å²) in [7, 11) is 1.82. The largest absolute Gasteiger partial charge is 0.478 e. The molecular weight excluding hydrogens is 238 g/mol. The van der Waals surface area contributed by atoms with Crippen LogP contribution in [-0.2, 0) is 7.05 Å². The van der Waals surface area contributed by atoms with Gasteiger partial charge in [0.2, 0.25) is 0 Å². The van der Waals surface area contributed by atoms with Crippen molar-refractivity contribution in [3.05, 3.63) is 46.6 Å². The van der Waals surface area contributed by atoms with Crippen molar-refractivity contribution in [1.29, 1.82) is 0 Å². The van der Waals surface area contributed by atoms with Crippen LogP contribution in [0.2, 0.25) is 5.02 Å². The Balaban J connectivity index is 2.72. The second-order valence-electron chi connectivity index (χ2n) is 3.85. The van der Waals surface area contributed by atoms with Gasteiger partial charge in [-0.1, -0.05) is 41.9 Å². The Kier molecular flexibility index (Phi) is 2.94. The molecule has 1 aromatic carbocycles. The van der Waals surface area contributed by atoms with Gasteiger partial charge in [-0.15, -0.1) is 0 Å². The standard InChI is InChI=1S/C13H12ClNO2/c1-8-10(13(16)17)11(14)12(15(8)2)9-6-4-3-5-7-9/h3-7H,1-2H3,(H,16,17). The number of hydrogen-bond donors (Lipinski definition) is 1. The third kappa shape index (κ3) is 1.83. The number of aromatic carboxylic acids is 1. The lowest BCUT2D eigenvalue weighted by Gasteiger charge is -2.05. The van der Waals surface area contributed by atoms with Crippen molar-refractivity contribution in [2.75, 3.05) is 0 Å². The SMILES string of the molecule is Cc1c(C(=O)O)c(Cl)c(-c2ccccc2)n1C. The van der Waals surface area contributed by atoms with Gasteiger partial charge in [-0.25, -0.2) is 4.79 Å². The van der Waals surface area contributed by atoms with Gasteiger partial charge in [-0.05, 0) is 12.5 Å². The zero-order valence-electron chi connectivity index (χ0n) is 9.57. The molecule has 0 saturated carbocycles. The molecule has 0 aliphatic rings. The van der Waals surface area contributed by atoms with Crippen LogP contribution in [0.15, 0.2) is 30.3 Å². The Morgan fingerprint density at radius 1 is 1.29 bits per heavy atom. The van der Waals surface area contributed by atoms with Gasteiger partial charge in [0.25, 0.3) is 0 Å². The number of halogens is 1. The molecule has 0 aliphatic heterocycles. The molecule has 0 aliphatic carbocycles. The Hall–Kier alpha value is -1.74. The summed E-state index contributed by atoms with van der Waals surface area (Å²) in [6.07, 6.45) is 0. The van der Waals surface area contributed by atoms with Gasteiger partial charge in [-0.2, -0.15) is 0 Å². The van der Waals surface area contributed by atoms with Gasteiger partial charge < -0.3 is 9.67 Å². The van der Waals surface area contributed by atoms with E-state index in [0.717, 1.165) is 11.3 Å². The van der Waals surface area contributed by atoms with Crippen molar-refractivity contribution in [2.45, 2.75) is 6.92 Å². The highest BCUT2D eigenvalue weighted by molar-refractivity contribution is 6.36. The molecule has 0 atom stereocenters. The van der Waals surface area contributed by atoms with Crippen LogP contribution in [0.25, 0.3) is 11.3 Å². The Morgan fingerprint density at radius 2 is 1.88 bits per heavy atom. The number of aromatic nitrogens is 1. The van der Waals surface area contributed by atoms with E-state index in [1.165, 1.54) is 0 Å². The van der Waals surface area contributed by atoms with E-state index in [9.17, 15) is 4.79 Å². The molecule has 88 valence electrons. The summed E-state index contributed by atoms with van der Waals surface area (Å²) in [4.78, 5) is 11.1. The molecule has 17 heavy (non-hydrogen) atoms. The lowest BCUT2D eigenvalue weighted by Crippen LogP contribution is -1.99. The Labute approximate surface area is 104 Å². The molecule has 0 radical (unpaired) electrons. The number of hydrogen-bond acceptors (Lipinski definition) is 1. The molecule has 1 N–H and O–H groups in total. The maximum Gasteiger partial charge on any atom is 0.339 e. The second kappa shape index (κ2) is 4.26. The fourth-order valence-corrected chi connectivity index (χ4v) is 2.38. The van der Waals surface area contributed by atoms with Gasteiger partial charge >= 0.3 is 5.97 Å². The third-order valence-corrected chi connectivity index (χ3v) is 3.26. The fourth-order valence-electron chi connectivity index (χ4n) is 1.92. The van der Waals surface area contributed by atoms with E-state index in [-0.39, 0.29) is 5.56 Å². The molecule has 0 spiro atoms. The van der Waals surface area contributed by atoms with E-state index in [2.05, 4.69) is 0 Å². The molecule has 0 bridgehead atoms. The number of carboxylic acids is 1. The molecule has 0 fully saturated rings. The molecule has 1 aromatic heterocycles. The zero-order chi connectivity index (χ0) is 12.6. The number of carboxylic acid groups (broad SMARTS) is 1. The van der Waals surface area contributed by atoms with Gasteiger partial charge in [0.1, 0.15) is 0 Å². The number of nitrogens with zero attached hydrogens (tertiary/aromatic N) is 1. The monoisotopic (exact) mass is 249 g/mol. The van der Waals surface area contributed by atoms with Crippen LogP contribution in [0, 0.1) is 6.92 Å². The van der Waals surface area contributed by atoms with Gasteiger partial charge in [-0.3, -0.25) is 0 Å². The second-order valence-corrected chi connectivity index (χ2v) is 4.23. The maximum absolute atomic E-state index is 11.1. The zero-order valence-corrected chi connectivity index (χ0v) is 10.3. The van der Waals surface area contributed by atoms with E-state index in [1.807, 2.05) is 37.4 Å². The quantitative estimate of drug-likeness (QED) is 0.887. The number of benzene rings is 1. The molecule has 2 rings (SSSR count). The first-order valence-corrected chi connectivity index (χ1v) is 5.55. The summed E-state index contributed by atoms with van der Waals surface area (Å²) in [5.41, 5.74) is 2.48. The van der Waals surface area contributed by atoms with Crippen LogP contribution in [0.5, 0.6) is 0 Å². The summed E-state index contributed by atoms with van der Waals surface area (Å²) >= 11 is 6.16. The highest BCUT2D eigenvalue weighted by Gasteiger charge is 2.22. The lowest BCUT2D eigenvalue weighted by atomic mass is 10.1. The van der Waals surface area contributed by atoms with Crippen LogP contribution in [-0.4, -0.2) is 15.6 Å². The summed E-state index contributed by atoms with van der Waals surface area (Å²) in [5, 5.41) is 9.43. The van der Waals surface area contributed by atoms with Crippen LogP contribution in [0.4, 0.5) is 0 Å². The maximum atomic E-state index is 11.1. The van der Waals surface area contributed by atoms with Gasteiger partial charge in [0.15, 0.2) is 0 Å². The lowest BCUT2D eigenvalue weighted by molar-refractivity contribution is 0.0696. The minimum Gasteiger partial charge on any atom is -0.478 e. The molecular formula is C13H12ClNO2. The number of carbonyl (C=O) groups is 1. The topological polar surface area (TPSA) is 42.2 Å².